The number of rotatable bonds is 4. The molecule has 0 atom stereocenters. The van der Waals surface area contributed by atoms with Gasteiger partial charge >= 0.3 is 6.18 Å². The first kappa shape index (κ1) is 15.4. The first-order chi connectivity index (χ1) is 9.36. The van der Waals surface area contributed by atoms with Crippen LogP contribution in [0.4, 0.5) is 24.5 Å². The van der Waals surface area contributed by atoms with E-state index in [1.807, 2.05) is 0 Å². The summed E-state index contributed by atoms with van der Waals surface area (Å²) in [5, 5.41) is 3.14. The van der Waals surface area contributed by atoms with Crippen LogP contribution in [-0.2, 0) is 6.18 Å². The molecule has 20 heavy (non-hydrogen) atoms. The van der Waals surface area contributed by atoms with E-state index in [0.717, 1.165) is 18.9 Å². The van der Waals surface area contributed by atoms with Gasteiger partial charge in [0.1, 0.15) is 0 Å². The summed E-state index contributed by atoms with van der Waals surface area (Å²) in [5.41, 5.74) is 4.87. The number of halogens is 3. The minimum atomic E-state index is -4.41. The molecule has 0 heterocycles. The number of alkyl halides is 3. The zero-order valence-electron chi connectivity index (χ0n) is 11.4. The lowest BCUT2D eigenvalue weighted by molar-refractivity contribution is -0.136. The number of nitrogens with two attached hydrogens (primary N) is 1. The van der Waals surface area contributed by atoms with E-state index in [2.05, 4.69) is 11.6 Å². The molecule has 1 aliphatic carbocycles. The van der Waals surface area contributed by atoms with Crippen LogP contribution in [0.25, 0.3) is 0 Å². The number of hydrogen-bond donors (Lipinski definition) is 2. The van der Waals surface area contributed by atoms with Crippen LogP contribution in [0.5, 0.6) is 0 Å². The molecule has 0 spiro atoms. The van der Waals surface area contributed by atoms with Gasteiger partial charge in [-0.1, -0.05) is 12.8 Å². The first-order valence-corrected chi connectivity index (χ1v) is 7.84. The summed E-state index contributed by atoms with van der Waals surface area (Å²) in [6.45, 7) is 0.690. The summed E-state index contributed by atoms with van der Waals surface area (Å²) in [7, 11) is 0. The Balaban J connectivity index is 2.10. The average Bonchev–Trinajstić information content (AvgIpc) is 2.86. The maximum Gasteiger partial charge on any atom is 0.418 e. The van der Waals surface area contributed by atoms with Gasteiger partial charge in [-0.2, -0.15) is 24.9 Å². The van der Waals surface area contributed by atoms with Crippen molar-refractivity contribution in [3.05, 3.63) is 23.8 Å². The Bertz CT molecular complexity index is 468. The molecule has 1 aromatic rings. The van der Waals surface area contributed by atoms with Gasteiger partial charge in [-0.05, 0) is 37.3 Å². The average molecular weight is 304 g/mol. The Morgan fingerprint density at radius 1 is 1.30 bits per heavy atom. The van der Waals surface area contributed by atoms with Gasteiger partial charge in [0, 0.05) is 22.7 Å². The molecule has 0 unspecified atom stereocenters. The van der Waals surface area contributed by atoms with E-state index in [9.17, 15) is 13.2 Å². The molecule has 1 aromatic carbocycles. The Kier molecular flexibility index (Phi) is 4.42. The third kappa shape index (κ3) is 3.34. The van der Waals surface area contributed by atoms with Gasteiger partial charge in [-0.25, -0.2) is 0 Å². The highest BCUT2D eigenvalue weighted by atomic mass is 32.2. The molecular weight excluding hydrogens is 285 g/mol. The number of thioether (sulfide) groups is 1. The van der Waals surface area contributed by atoms with Crippen LogP contribution in [0.15, 0.2) is 18.2 Å². The van der Waals surface area contributed by atoms with Crippen molar-refractivity contribution in [2.75, 3.05) is 23.9 Å². The molecule has 2 rings (SSSR count). The fourth-order valence-corrected chi connectivity index (χ4v) is 3.56. The summed E-state index contributed by atoms with van der Waals surface area (Å²) in [6, 6.07) is 4.01. The fraction of sp³-hybridized carbons (Fsp3) is 0.571. The van der Waals surface area contributed by atoms with Crippen molar-refractivity contribution in [3.8, 4) is 0 Å². The Labute approximate surface area is 121 Å². The van der Waals surface area contributed by atoms with E-state index >= 15 is 0 Å². The zero-order valence-corrected chi connectivity index (χ0v) is 12.2. The molecule has 0 aromatic heterocycles. The van der Waals surface area contributed by atoms with Crippen LogP contribution in [0.3, 0.4) is 0 Å². The molecule has 112 valence electrons. The van der Waals surface area contributed by atoms with Crippen LogP contribution in [0, 0.1) is 0 Å². The van der Waals surface area contributed by atoms with Gasteiger partial charge in [-0.3, -0.25) is 0 Å². The second kappa shape index (κ2) is 5.76. The first-order valence-electron chi connectivity index (χ1n) is 6.62. The highest BCUT2D eigenvalue weighted by Gasteiger charge is 2.34. The van der Waals surface area contributed by atoms with E-state index < -0.39 is 11.7 Å². The third-order valence-corrected chi connectivity index (χ3v) is 5.34. The molecule has 3 N–H and O–H groups in total. The van der Waals surface area contributed by atoms with Crippen molar-refractivity contribution in [3.63, 3.8) is 0 Å². The maximum absolute atomic E-state index is 12.8. The SMILES string of the molecule is CSC1(CNc2ccc(N)c(C(F)(F)F)c2)CCCC1. The van der Waals surface area contributed by atoms with Gasteiger partial charge in [-0.15, -0.1) is 0 Å². The van der Waals surface area contributed by atoms with E-state index in [1.165, 1.54) is 18.9 Å². The van der Waals surface area contributed by atoms with Crippen LogP contribution in [-0.4, -0.2) is 17.5 Å². The minimum absolute atomic E-state index is 0.153. The maximum atomic E-state index is 12.8. The molecule has 0 aliphatic heterocycles. The summed E-state index contributed by atoms with van der Waals surface area (Å²) in [6.07, 6.45) is 2.27. The van der Waals surface area contributed by atoms with Crippen LogP contribution in [0.1, 0.15) is 31.2 Å². The molecule has 1 aliphatic rings. The molecule has 0 saturated heterocycles. The van der Waals surface area contributed by atoms with Crippen molar-refractivity contribution < 1.29 is 13.2 Å². The predicted octanol–water partition coefficient (Wildman–Crippen LogP) is 4.38. The predicted molar refractivity (Wildman–Crippen MR) is 79.1 cm³/mol. The molecule has 0 bridgehead atoms. The van der Waals surface area contributed by atoms with Gasteiger partial charge in [0.15, 0.2) is 0 Å². The largest absolute Gasteiger partial charge is 0.418 e. The molecule has 1 saturated carbocycles. The van der Waals surface area contributed by atoms with Crippen LogP contribution >= 0.6 is 11.8 Å². The normalized spacial score (nSPS) is 18.2. The van der Waals surface area contributed by atoms with Crippen molar-refractivity contribution >= 4 is 23.1 Å². The monoisotopic (exact) mass is 304 g/mol. The van der Waals surface area contributed by atoms with Crippen LogP contribution < -0.4 is 11.1 Å². The molecule has 1 fully saturated rings. The Hall–Kier alpha value is -1.04. The minimum Gasteiger partial charge on any atom is -0.398 e. The second-order valence-corrected chi connectivity index (χ2v) is 6.52. The molecule has 0 amide bonds. The smallest absolute Gasteiger partial charge is 0.398 e. The lowest BCUT2D eigenvalue weighted by Gasteiger charge is -2.27. The van der Waals surface area contributed by atoms with Gasteiger partial charge < -0.3 is 11.1 Å². The number of anilines is 2. The fourth-order valence-electron chi connectivity index (χ4n) is 2.65. The Morgan fingerprint density at radius 2 is 1.95 bits per heavy atom. The summed E-state index contributed by atoms with van der Waals surface area (Å²) in [4.78, 5) is 0. The molecular formula is C14H19F3N2S. The number of hydrogen-bond acceptors (Lipinski definition) is 3. The van der Waals surface area contributed by atoms with Gasteiger partial charge in [0.2, 0.25) is 0 Å². The van der Waals surface area contributed by atoms with E-state index in [-0.39, 0.29) is 10.4 Å². The summed E-state index contributed by atoms with van der Waals surface area (Å²) >= 11 is 1.80. The van der Waals surface area contributed by atoms with Crippen molar-refractivity contribution in [2.24, 2.45) is 0 Å². The zero-order chi connectivity index (χ0) is 14.8. The standard InChI is InChI=1S/C14H19F3N2S/c1-20-13(6-2-3-7-13)9-19-10-4-5-12(18)11(8-10)14(15,16)17/h4-5,8,19H,2-3,6-7,9,18H2,1H3. The van der Waals surface area contributed by atoms with Crippen LogP contribution in [0.2, 0.25) is 0 Å². The van der Waals surface area contributed by atoms with E-state index in [0.29, 0.717) is 12.2 Å². The van der Waals surface area contributed by atoms with Gasteiger partial charge in [0.05, 0.1) is 5.56 Å². The van der Waals surface area contributed by atoms with E-state index in [4.69, 9.17) is 5.73 Å². The molecule has 6 heteroatoms. The van der Waals surface area contributed by atoms with Crippen molar-refractivity contribution in [1.82, 2.24) is 0 Å². The quantitative estimate of drug-likeness (QED) is 0.811. The third-order valence-electron chi connectivity index (χ3n) is 3.92. The summed E-state index contributed by atoms with van der Waals surface area (Å²) < 4.78 is 38.6. The molecule has 0 radical (unpaired) electrons. The highest BCUT2D eigenvalue weighted by Crippen LogP contribution is 2.41. The van der Waals surface area contributed by atoms with E-state index in [1.54, 1.807) is 17.8 Å². The molecule has 2 nitrogen and oxygen atoms in total. The number of nitrogen functional groups attached to an aromatic ring is 1. The number of nitrogens with one attached hydrogen (secondary N) is 1. The van der Waals surface area contributed by atoms with Gasteiger partial charge in [0.25, 0.3) is 0 Å². The topological polar surface area (TPSA) is 38.0 Å². The lowest BCUT2D eigenvalue weighted by atomic mass is 10.1. The number of benzene rings is 1. The Morgan fingerprint density at radius 3 is 2.50 bits per heavy atom. The lowest BCUT2D eigenvalue weighted by Crippen LogP contribution is -2.30. The second-order valence-electron chi connectivity index (χ2n) is 5.25. The highest BCUT2D eigenvalue weighted by molar-refractivity contribution is 8.00. The summed E-state index contributed by atoms with van der Waals surface area (Å²) in [5.74, 6) is 0. The van der Waals surface area contributed by atoms with Crippen molar-refractivity contribution in [2.45, 2.75) is 36.6 Å². The van der Waals surface area contributed by atoms with Crippen molar-refractivity contribution in [1.29, 1.82) is 0 Å².